The van der Waals surface area contributed by atoms with Gasteiger partial charge >= 0.3 is 6.03 Å². The number of rotatable bonds is 6. The summed E-state index contributed by atoms with van der Waals surface area (Å²) in [7, 11) is 0. The highest BCUT2D eigenvalue weighted by molar-refractivity contribution is 5.92. The zero-order valence-electron chi connectivity index (χ0n) is 15.8. The molecule has 0 bridgehead atoms. The van der Waals surface area contributed by atoms with E-state index in [2.05, 4.69) is 31.6 Å². The van der Waals surface area contributed by atoms with Gasteiger partial charge in [-0.25, -0.2) is 9.78 Å². The van der Waals surface area contributed by atoms with Crippen LogP contribution in [-0.4, -0.2) is 75.5 Å². The minimum atomic E-state index is -0.140. The van der Waals surface area contributed by atoms with Gasteiger partial charge in [-0.05, 0) is 11.6 Å². The molecule has 0 atom stereocenters. The maximum absolute atomic E-state index is 12.6. The quantitative estimate of drug-likeness (QED) is 0.737. The van der Waals surface area contributed by atoms with E-state index in [1.165, 1.54) is 5.56 Å². The number of urea groups is 1. The van der Waals surface area contributed by atoms with Crippen molar-refractivity contribution in [3.63, 3.8) is 0 Å². The summed E-state index contributed by atoms with van der Waals surface area (Å²) in [6.45, 7) is 5.62. The van der Waals surface area contributed by atoms with Gasteiger partial charge in [0.1, 0.15) is 11.5 Å². The number of amides is 3. The summed E-state index contributed by atoms with van der Waals surface area (Å²) in [6.07, 6.45) is 6.14. The van der Waals surface area contributed by atoms with Crippen molar-refractivity contribution in [2.24, 2.45) is 0 Å². The Balaban J connectivity index is 1.32. The monoisotopic (exact) mass is 383 g/mol. The Morgan fingerprint density at radius 1 is 1.21 bits per heavy atom. The fraction of sp³-hybridized carbons (Fsp3) is 0.474. The maximum Gasteiger partial charge on any atom is 0.317 e. The van der Waals surface area contributed by atoms with Crippen molar-refractivity contribution in [2.75, 3.05) is 39.3 Å². The Morgan fingerprint density at radius 3 is 2.93 bits per heavy atom. The van der Waals surface area contributed by atoms with Crippen LogP contribution in [0.3, 0.4) is 0 Å². The minimum absolute atomic E-state index is 0.0684. The summed E-state index contributed by atoms with van der Waals surface area (Å²) in [5.41, 5.74) is 1.77. The lowest BCUT2D eigenvalue weighted by molar-refractivity contribution is 0.0940. The lowest BCUT2D eigenvalue weighted by atomic mass is 10.2. The topological polar surface area (TPSA) is 95.4 Å². The SMILES string of the molecule is O=C(NCCN1CCNC1=O)c1cnc2n1CCN(Cc1cccnc1)CC2. The number of carbonyl (C=O) groups is 2. The molecule has 1 saturated heterocycles. The maximum atomic E-state index is 12.6. The lowest BCUT2D eigenvalue weighted by Gasteiger charge is -2.19. The van der Waals surface area contributed by atoms with Crippen LogP contribution in [0.25, 0.3) is 0 Å². The molecule has 4 rings (SSSR count). The van der Waals surface area contributed by atoms with Crippen LogP contribution < -0.4 is 10.6 Å². The molecule has 9 heteroatoms. The number of fused-ring (bicyclic) bond motifs is 1. The molecule has 148 valence electrons. The Morgan fingerprint density at radius 2 is 2.14 bits per heavy atom. The van der Waals surface area contributed by atoms with Crippen molar-refractivity contribution in [3.05, 3.63) is 47.8 Å². The van der Waals surface area contributed by atoms with Gasteiger partial charge in [0.25, 0.3) is 5.91 Å². The van der Waals surface area contributed by atoms with Gasteiger partial charge in [-0.15, -0.1) is 0 Å². The molecule has 2 aliphatic rings. The molecule has 0 aliphatic carbocycles. The molecule has 4 heterocycles. The van der Waals surface area contributed by atoms with Gasteiger partial charge < -0.3 is 20.1 Å². The van der Waals surface area contributed by atoms with Crippen LogP contribution in [-0.2, 0) is 19.5 Å². The van der Waals surface area contributed by atoms with E-state index in [-0.39, 0.29) is 11.9 Å². The van der Waals surface area contributed by atoms with Crippen molar-refractivity contribution in [2.45, 2.75) is 19.5 Å². The van der Waals surface area contributed by atoms with Crippen LogP contribution in [0.2, 0.25) is 0 Å². The number of carbonyl (C=O) groups excluding carboxylic acids is 2. The zero-order chi connectivity index (χ0) is 19.3. The number of hydrogen-bond acceptors (Lipinski definition) is 5. The van der Waals surface area contributed by atoms with Crippen LogP contribution in [0.5, 0.6) is 0 Å². The van der Waals surface area contributed by atoms with E-state index < -0.39 is 0 Å². The van der Waals surface area contributed by atoms with Crippen LogP contribution in [0.15, 0.2) is 30.7 Å². The first kappa shape index (κ1) is 18.4. The fourth-order valence-electron chi connectivity index (χ4n) is 3.68. The molecule has 2 N–H and O–H groups in total. The largest absolute Gasteiger partial charge is 0.349 e. The second kappa shape index (κ2) is 8.39. The van der Waals surface area contributed by atoms with E-state index in [0.717, 1.165) is 38.4 Å². The highest BCUT2D eigenvalue weighted by atomic mass is 16.2. The first-order valence-electron chi connectivity index (χ1n) is 9.67. The third-order valence-electron chi connectivity index (χ3n) is 5.20. The third-order valence-corrected chi connectivity index (χ3v) is 5.20. The summed E-state index contributed by atoms with van der Waals surface area (Å²) < 4.78 is 2.02. The second-order valence-electron chi connectivity index (χ2n) is 7.07. The first-order chi connectivity index (χ1) is 13.7. The number of imidazole rings is 1. The molecule has 1 fully saturated rings. The molecule has 0 unspecified atom stereocenters. The van der Waals surface area contributed by atoms with E-state index in [1.54, 1.807) is 17.3 Å². The zero-order valence-corrected chi connectivity index (χ0v) is 15.8. The molecule has 0 radical (unpaired) electrons. The molecule has 28 heavy (non-hydrogen) atoms. The number of hydrogen-bond donors (Lipinski definition) is 2. The highest BCUT2D eigenvalue weighted by Gasteiger charge is 2.22. The molecule has 0 aromatic carbocycles. The molecule has 0 spiro atoms. The number of nitrogens with zero attached hydrogens (tertiary/aromatic N) is 5. The van der Waals surface area contributed by atoms with Crippen molar-refractivity contribution in [3.8, 4) is 0 Å². The number of pyridine rings is 1. The van der Waals surface area contributed by atoms with E-state index in [9.17, 15) is 9.59 Å². The van der Waals surface area contributed by atoms with Crippen LogP contribution in [0, 0.1) is 0 Å². The molecule has 2 aromatic rings. The Bertz CT molecular complexity index is 836. The standard InChI is InChI=1S/C19H25N7O2/c27-18(21-5-8-25-9-6-22-19(25)28)16-13-23-17-3-7-24(10-11-26(16)17)14-15-2-1-4-20-12-15/h1-2,4,12-13H,3,5-11,14H2,(H,21,27)(H,22,28). The molecule has 9 nitrogen and oxygen atoms in total. The number of nitrogens with one attached hydrogen (secondary N) is 2. The normalized spacial score (nSPS) is 17.1. The summed E-state index contributed by atoms with van der Waals surface area (Å²) in [5, 5.41) is 5.67. The number of aromatic nitrogens is 3. The van der Waals surface area contributed by atoms with Crippen molar-refractivity contribution >= 4 is 11.9 Å². The summed E-state index contributed by atoms with van der Waals surface area (Å²) in [4.78, 5) is 36.9. The van der Waals surface area contributed by atoms with Crippen molar-refractivity contribution in [1.29, 1.82) is 0 Å². The third kappa shape index (κ3) is 4.14. The highest BCUT2D eigenvalue weighted by Crippen LogP contribution is 2.13. The second-order valence-corrected chi connectivity index (χ2v) is 7.07. The van der Waals surface area contributed by atoms with Gasteiger partial charge in [-0.2, -0.15) is 0 Å². The van der Waals surface area contributed by atoms with Gasteiger partial charge in [-0.3, -0.25) is 14.7 Å². The summed E-state index contributed by atoms with van der Waals surface area (Å²) in [5.74, 6) is 0.803. The average molecular weight is 383 g/mol. The Labute approximate surface area is 163 Å². The summed E-state index contributed by atoms with van der Waals surface area (Å²) in [6, 6.07) is 3.96. The van der Waals surface area contributed by atoms with Crippen molar-refractivity contribution < 1.29 is 9.59 Å². The van der Waals surface area contributed by atoms with Gasteiger partial charge in [0.2, 0.25) is 0 Å². The molecular formula is C19H25N7O2. The lowest BCUT2D eigenvalue weighted by Crippen LogP contribution is -2.37. The molecular weight excluding hydrogens is 358 g/mol. The first-order valence-corrected chi connectivity index (χ1v) is 9.67. The molecule has 0 saturated carbocycles. The van der Waals surface area contributed by atoms with Gasteiger partial charge in [0.05, 0.1) is 6.20 Å². The van der Waals surface area contributed by atoms with Crippen LogP contribution in [0.4, 0.5) is 4.79 Å². The molecule has 2 aromatic heterocycles. The van der Waals surface area contributed by atoms with Gasteiger partial charge in [-0.1, -0.05) is 6.07 Å². The van der Waals surface area contributed by atoms with E-state index in [0.29, 0.717) is 31.9 Å². The fourth-order valence-corrected chi connectivity index (χ4v) is 3.68. The van der Waals surface area contributed by atoms with Crippen LogP contribution in [0.1, 0.15) is 21.9 Å². The Kier molecular flexibility index (Phi) is 5.52. The smallest absolute Gasteiger partial charge is 0.317 e. The van der Waals surface area contributed by atoms with E-state index in [4.69, 9.17) is 0 Å². The average Bonchev–Trinajstić information content (AvgIpc) is 3.25. The molecule has 3 amide bonds. The van der Waals surface area contributed by atoms with Gasteiger partial charge in [0.15, 0.2) is 0 Å². The van der Waals surface area contributed by atoms with Crippen molar-refractivity contribution in [1.82, 2.24) is 35.0 Å². The van der Waals surface area contributed by atoms with Crippen LogP contribution >= 0.6 is 0 Å². The Hall–Kier alpha value is -2.94. The van der Waals surface area contributed by atoms with Gasteiger partial charge in [0, 0.05) is 71.2 Å². The van der Waals surface area contributed by atoms with E-state index in [1.807, 2.05) is 16.8 Å². The molecule has 2 aliphatic heterocycles. The van der Waals surface area contributed by atoms with E-state index >= 15 is 0 Å². The minimum Gasteiger partial charge on any atom is -0.349 e. The summed E-state index contributed by atoms with van der Waals surface area (Å²) >= 11 is 0. The predicted molar refractivity (Wildman–Crippen MR) is 103 cm³/mol. The predicted octanol–water partition coefficient (Wildman–Crippen LogP) is 0.0914.